The van der Waals surface area contributed by atoms with Gasteiger partial charge in [0.25, 0.3) is 5.91 Å². The van der Waals surface area contributed by atoms with Gasteiger partial charge in [-0.15, -0.1) is 0 Å². The number of thiophene rings is 1. The summed E-state index contributed by atoms with van der Waals surface area (Å²) in [6.07, 6.45) is -0.436. The van der Waals surface area contributed by atoms with Crippen LogP contribution in [0.25, 0.3) is 0 Å². The van der Waals surface area contributed by atoms with Crippen molar-refractivity contribution in [2.24, 2.45) is 0 Å². The molecule has 0 spiro atoms. The van der Waals surface area contributed by atoms with Crippen molar-refractivity contribution in [3.8, 4) is 5.06 Å². The average molecular weight is 450 g/mol. The standard InChI is InChI=1S/C20H20ClN3O5S/c1-12-8-14(2-3-15(12)23-6-7-28-11-18(23)26)24-10-13(9-17(24)25)22-20(27)29-19-5-4-16(21)30-19/h2-5,8,13H,6-7,9-11H2,1H3,(H,22,27). The number of anilines is 2. The van der Waals surface area contributed by atoms with Crippen molar-refractivity contribution in [1.82, 2.24) is 5.32 Å². The summed E-state index contributed by atoms with van der Waals surface area (Å²) in [5, 5.41) is 3.11. The van der Waals surface area contributed by atoms with E-state index < -0.39 is 6.09 Å². The van der Waals surface area contributed by atoms with Gasteiger partial charge in [-0.3, -0.25) is 9.59 Å². The van der Waals surface area contributed by atoms with E-state index in [1.54, 1.807) is 21.9 Å². The lowest BCUT2D eigenvalue weighted by Gasteiger charge is -2.29. The maximum Gasteiger partial charge on any atom is 0.413 e. The van der Waals surface area contributed by atoms with Gasteiger partial charge in [-0.25, -0.2) is 4.79 Å². The van der Waals surface area contributed by atoms with Crippen LogP contribution in [0, 0.1) is 6.92 Å². The molecule has 0 radical (unpaired) electrons. The van der Waals surface area contributed by atoms with Crippen molar-refractivity contribution < 1.29 is 23.9 Å². The number of amides is 3. The maximum absolute atomic E-state index is 12.5. The first kappa shape index (κ1) is 20.6. The first-order valence-corrected chi connectivity index (χ1v) is 10.6. The largest absolute Gasteiger partial charge is 0.413 e. The number of hydrogen-bond donors (Lipinski definition) is 1. The molecule has 30 heavy (non-hydrogen) atoms. The van der Waals surface area contributed by atoms with Crippen molar-refractivity contribution in [2.75, 3.05) is 36.1 Å². The molecule has 1 aromatic heterocycles. The van der Waals surface area contributed by atoms with E-state index in [1.807, 2.05) is 25.1 Å². The van der Waals surface area contributed by atoms with Gasteiger partial charge < -0.3 is 24.6 Å². The average Bonchev–Trinajstić information content (AvgIpc) is 3.27. The molecule has 1 N–H and O–H groups in total. The lowest BCUT2D eigenvalue weighted by molar-refractivity contribution is -0.125. The van der Waals surface area contributed by atoms with Gasteiger partial charge in [-0.2, -0.15) is 0 Å². The quantitative estimate of drug-likeness (QED) is 0.775. The molecule has 1 atom stereocenters. The molecule has 0 aliphatic carbocycles. The number of benzene rings is 1. The van der Waals surface area contributed by atoms with E-state index in [2.05, 4.69) is 5.32 Å². The van der Waals surface area contributed by atoms with Crippen LogP contribution in [0.3, 0.4) is 0 Å². The Morgan fingerprint density at radius 2 is 2.07 bits per heavy atom. The van der Waals surface area contributed by atoms with Crippen molar-refractivity contribution in [2.45, 2.75) is 19.4 Å². The smallest absolute Gasteiger partial charge is 0.399 e. The number of carbonyl (C=O) groups is 3. The van der Waals surface area contributed by atoms with Crippen molar-refractivity contribution in [3.63, 3.8) is 0 Å². The van der Waals surface area contributed by atoms with Gasteiger partial charge in [0.15, 0.2) is 5.06 Å². The van der Waals surface area contributed by atoms with E-state index in [9.17, 15) is 14.4 Å². The predicted molar refractivity (Wildman–Crippen MR) is 114 cm³/mol. The number of aryl methyl sites for hydroxylation is 1. The summed E-state index contributed by atoms with van der Waals surface area (Å²) in [6.45, 7) is 3.33. The number of ether oxygens (including phenoxy) is 2. The fraction of sp³-hybridized carbons (Fsp3) is 0.350. The Kier molecular flexibility index (Phi) is 5.94. The lowest BCUT2D eigenvalue weighted by atomic mass is 10.1. The van der Waals surface area contributed by atoms with Crippen LogP contribution in [0.2, 0.25) is 4.34 Å². The minimum atomic E-state index is -0.620. The van der Waals surface area contributed by atoms with Crippen LogP contribution in [-0.2, 0) is 14.3 Å². The van der Waals surface area contributed by atoms with E-state index >= 15 is 0 Å². The molecule has 158 valence electrons. The normalized spacial score (nSPS) is 19.3. The summed E-state index contributed by atoms with van der Waals surface area (Å²) in [5.41, 5.74) is 2.43. The first-order valence-electron chi connectivity index (χ1n) is 9.43. The molecule has 2 aliphatic heterocycles. The number of morpholine rings is 1. The van der Waals surface area contributed by atoms with Gasteiger partial charge in [-0.1, -0.05) is 22.9 Å². The summed E-state index contributed by atoms with van der Waals surface area (Å²) >= 11 is 6.99. The molecule has 1 aromatic carbocycles. The monoisotopic (exact) mass is 449 g/mol. The molecule has 2 fully saturated rings. The molecule has 8 nitrogen and oxygen atoms in total. The van der Waals surface area contributed by atoms with Crippen LogP contribution in [0.4, 0.5) is 16.2 Å². The second-order valence-electron chi connectivity index (χ2n) is 7.07. The Hall–Kier alpha value is -2.62. The van der Waals surface area contributed by atoms with Gasteiger partial charge >= 0.3 is 6.09 Å². The predicted octanol–water partition coefficient (Wildman–Crippen LogP) is 2.97. The Morgan fingerprint density at radius 1 is 1.23 bits per heavy atom. The molecule has 3 heterocycles. The van der Waals surface area contributed by atoms with Gasteiger partial charge in [0, 0.05) is 30.9 Å². The van der Waals surface area contributed by atoms with Crippen molar-refractivity contribution in [3.05, 3.63) is 40.2 Å². The number of nitrogens with one attached hydrogen (secondary N) is 1. The highest BCUT2D eigenvalue weighted by atomic mass is 35.5. The van der Waals surface area contributed by atoms with Crippen LogP contribution in [0.1, 0.15) is 12.0 Å². The summed E-state index contributed by atoms with van der Waals surface area (Å²) in [6, 6.07) is 8.44. The van der Waals surface area contributed by atoms with Crippen LogP contribution in [0.15, 0.2) is 30.3 Å². The second kappa shape index (κ2) is 8.63. The fourth-order valence-corrected chi connectivity index (χ4v) is 4.45. The third kappa shape index (κ3) is 4.43. The Morgan fingerprint density at radius 3 is 2.77 bits per heavy atom. The molecular weight excluding hydrogens is 430 g/mol. The van der Waals surface area contributed by atoms with E-state index in [0.717, 1.165) is 28.3 Å². The minimum Gasteiger partial charge on any atom is -0.399 e. The molecule has 2 aliphatic rings. The Balaban J connectivity index is 1.40. The Labute approximate surface area is 182 Å². The Bertz CT molecular complexity index is 995. The molecule has 10 heteroatoms. The van der Waals surface area contributed by atoms with E-state index in [-0.39, 0.29) is 30.9 Å². The van der Waals surface area contributed by atoms with Crippen molar-refractivity contribution >= 4 is 52.2 Å². The molecular formula is C20H20ClN3O5S. The third-order valence-electron chi connectivity index (χ3n) is 4.96. The number of nitrogens with zero attached hydrogens (tertiary/aromatic N) is 2. The molecule has 1 unspecified atom stereocenters. The molecule has 0 bridgehead atoms. The van der Waals surface area contributed by atoms with E-state index in [4.69, 9.17) is 21.1 Å². The van der Waals surface area contributed by atoms with E-state index in [0.29, 0.717) is 29.1 Å². The molecule has 4 rings (SSSR count). The lowest BCUT2D eigenvalue weighted by Crippen LogP contribution is -2.42. The third-order valence-corrected chi connectivity index (χ3v) is 6.07. The topological polar surface area (TPSA) is 88.2 Å². The van der Waals surface area contributed by atoms with Crippen LogP contribution < -0.4 is 19.9 Å². The first-order chi connectivity index (χ1) is 14.4. The van der Waals surface area contributed by atoms with Gasteiger partial charge in [0.05, 0.1) is 17.0 Å². The van der Waals surface area contributed by atoms with Crippen LogP contribution in [-0.4, -0.2) is 50.3 Å². The zero-order valence-electron chi connectivity index (χ0n) is 16.2. The summed E-state index contributed by atoms with van der Waals surface area (Å²) in [4.78, 5) is 40.0. The maximum atomic E-state index is 12.5. The number of rotatable bonds is 4. The van der Waals surface area contributed by atoms with E-state index in [1.165, 1.54) is 0 Å². The zero-order chi connectivity index (χ0) is 21.3. The van der Waals surface area contributed by atoms with Crippen molar-refractivity contribution in [1.29, 1.82) is 0 Å². The van der Waals surface area contributed by atoms with Gasteiger partial charge in [0.1, 0.15) is 6.61 Å². The van der Waals surface area contributed by atoms with Crippen LogP contribution >= 0.6 is 22.9 Å². The molecule has 2 saturated heterocycles. The fourth-order valence-electron chi connectivity index (χ4n) is 3.58. The molecule has 2 aromatic rings. The second-order valence-corrected chi connectivity index (χ2v) is 8.74. The number of halogens is 1. The summed E-state index contributed by atoms with van der Waals surface area (Å²) in [5.74, 6) is -0.168. The number of carbonyl (C=O) groups excluding carboxylic acids is 3. The SMILES string of the molecule is Cc1cc(N2CC(NC(=O)Oc3ccc(Cl)s3)CC2=O)ccc1N1CCOCC1=O. The minimum absolute atomic E-state index is 0.0763. The number of hydrogen-bond acceptors (Lipinski definition) is 6. The highest BCUT2D eigenvalue weighted by Gasteiger charge is 2.32. The zero-order valence-corrected chi connectivity index (χ0v) is 17.8. The molecule has 3 amide bonds. The summed E-state index contributed by atoms with van der Waals surface area (Å²) < 4.78 is 10.9. The van der Waals surface area contributed by atoms with Gasteiger partial charge in [0.2, 0.25) is 5.91 Å². The molecule has 0 saturated carbocycles. The highest BCUT2D eigenvalue weighted by Crippen LogP contribution is 2.30. The summed E-state index contributed by atoms with van der Waals surface area (Å²) in [7, 11) is 0. The highest BCUT2D eigenvalue weighted by molar-refractivity contribution is 7.17. The van der Waals surface area contributed by atoms with Gasteiger partial charge in [-0.05, 0) is 42.8 Å². The van der Waals surface area contributed by atoms with Crippen LogP contribution in [0.5, 0.6) is 5.06 Å².